The van der Waals surface area contributed by atoms with Crippen molar-refractivity contribution in [1.82, 2.24) is 15.1 Å². The molecule has 7 nitrogen and oxygen atoms in total. The Kier molecular flexibility index (Phi) is 5.76. The molecule has 1 aromatic carbocycles. The highest BCUT2D eigenvalue weighted by atomic mass is 19.1. The number of alkyl carbamates (subject to hydrolysis) is 1. The van der Waals surface area contributed by atoms with Crippen LogP contribution in [0.3, 0.4) is 0 Å². The number of aromatic nitrogens is 2. The molecule has 136 valence electrons. The molecule has 2 unspecified atom stereocenters. The van der Waals surface area contributed by atoms with E-state index in [0.29, 0.717) is 11.3 Å². The predicted molar refractivity (Wildman–Crippen MR) is 88.7 cm³/mol. The van der Waals surface area contributed by atoms with Crippen molar-refractivity contribution in [2.75, 3.05) is 6.54 Å². The number of benzene rings is 1. The Morgan fingerprint density at radius 1 is 1.40 bits per heavy atom. The van der Waals surface area contributed by atoms with Crippen LogP contribution in [-0.2, 0) is 4.74 Å². The van der Waals surface area contributed by atoms with Crippen LogP contribution in [0.25, 0.3) is 5.69 Å². The number of carbonyl (C=O) groups excluding carboxylic acids is 1. The third-order valence-electron chi connectivity index (χ3n) is 3.24. The quantitative estimate of drug-likeness (QED) is 0.765. The van der Waals surface area contributed by atoms with Gasteiger partial charge in [0.25, 0.3) is 0 Å². The van der Waals surface area contributed by atoms with Gasteiger partial charge in [-0.3, -0.25) is 0 Å². The minimum atomic E-state index is -1.27. The fraction of sp³-hybridized carbons (Fsp3) is 0.412. The van der Waals surface area contributed by atoms with Crippen LogP contribution in [0.15, 0.2) is 36.7 Å². The van der Waals surface area contributed by atoms with Crippen molar-refractivity contribution in [3.63, 3.8) is 0 Å². The maximum absolute atomic E-state index is 13.3. The molecule has 0 aliphatic heterocycles. The largest absolute Gasteiger partial charge is 0.444 e. The maximum atomic E-state index is 13.3. The highest BCUT2D eigenvalue weighted by Gasteiger charge is 2.22. The molecule has 2 aromatic rings. The van der Waals surface area contributed by atoms with Crippen LogP contribution in [0.2, 0.25) is 0 Å². The minimum Gasteiger partial charge on any atom is -0.444 e. The van der Waals surface area contributed by atoms with E-state index in [-0.39, 0.29) is 6.54 Å². The van der Waals surface area contributed by atoms with Crippen molar-refractivity contribution in [3.05, 3.63) is 48.0 Å². The summed E-state index contributed by atoms with van der Waals surface area (Å²) < 4.78 is 19.7. The average molecular weight is 351 g/mol. The van der Waals surface area contributed by atoms with Crippen molar-refractivity contribution in [3.8, 4) is 5.69 Å². The number of hydrogen-bond acceptors (Lipinski definition) is 5. The normalized spacial score (nSPS) is 14.0. The van der Waals surface area contributed by atoms with E-state index in [9.17, 15) is 19.4 Å². The van der Waals surface area contributed by atoms with Crippen molar-refractivity contribution < 1.29 is 24.1 Å². The third kappa shape index (κ3) is 5.54. The van der Waals surface area contributed by atoms with E-state index < -0.39 is 29.7 Å². The van der Waals surface area contributed by atoms with Crippen molar-refractivity contribution in [2.24, 2.45) is 0 Å². The fourth-order valence-corrected chi connectivity index (χ4v) is 2.09. The molecular weight excluding hydrogens is 329 g/mol. The topological polar surface area (TPSA) is 96.6 Å². The number of carbonyl (C=O) groups is 1. The second-order valence-corrected chi connectivity index (χ2v) is 6.59. The molecule has 0 spiro atoms. The van der Waals surface area contributed by atoms with E-state index in [4.69, 9.17) is 4.74 Å². The number of nitrogens with zero attached hydrogens (tertiary/aromatic N) is 2. The smallest absolute Gasteiger partial charge is 0.407 e. The van der Waals surface area contributed by atoms with E-state index in [1.54, 1.807) is 32.9 Å². The molecule has 25 heavy (non-hydrogen) atoms. The Balaban J connectivity index is 1.96. The van der Waals surface area contributed by atoms with Gasteiger partial charge in [-0.15, -0.1) is 0 Å². The van der Waals surface area contributed by atoms with Gasteiger partial charge >= 0.3 is 6.09 Å². The van der Waals surface area contributed by atoms with Gasteiger partial charge in [-0.2, -0.15) is 5.10 Å². The minimum absolute atomic E-state index is 0.193. The molecule has 0 saturated heterocycles. The van der Waals surface area contributed by atoms with E-state index in [1.165, 1.54) is 29.2 Å². The number of halogens is 1. The standard InChI is InChI=1S/C17H22FN3O4/c1-17(2,3)25-16(24)19-9-14(22)15(23)11-8-20-21(10-11)13-6-4-5-12(18)7-13/h4-8,10,14-15,22-23H,9H2,1-3H3,(H,19,24). The zero-order valence-corrected chi connectivity index (χ0v) is 14.3. The monoisotopic (exact) mass is 351 g/mol. The molecule has 0 radical (unpaired) electrons. The highest BCUT2D eigenvalue weighted by Crippen LogP contribution is 2.18. The highest BCUT2D eigenvalue weighted by molar-refractivity contribution is 5.67. The Morgan fingerprint density at radius 2 is 2.12 bits per heavy atom. The van der Waals surface area contributed by atoms with Crippen molar-refractivity contribution in [2.45, 2.75) is 38.6 Å². The van der Waals surface area contributed by atoms with Gasteiger partial charge in [0.1, 0.15) is 23.6 Å². The van der Waals surface area contributed by atoms with Gasteiger partial charge < -0.3 is 20.3 Å². The number of hydrogen-bond donors (Lipinski definition) is 3. The molecular formula is C17H22FN3O4. The van der Waals surface area contributed by atoms with Crippen LogP contribution in [0.5, 0.6) is 0 Å². The van der Waals surface area contributed by atoms with Crippen LogP contribution in [0.1, 0.15) is 32.4 Å². The maximum Gasteiger partial charge on any atom is 0.407 e. The Morgan fingerprint density at radius 3 is 2.76 bits per heavy atom. The molecule has 0 aliphatic carbocycles. The molecule has 2 rings (SSSR count). The van der Waals surface area contributed by atoms with Gasteiger partial charge in [-0.05, 0) is 39.0 Å². The second-order valence-electron chi connectivity index (χ2n) is 6.59. The van der Waals surface area contributed by atoms with Gasteiger partial charge in [0.2, 0.25) is 0 Å². The predicted octanol–water partition coefficient (Wildman–Crippen LogP) is 1.93. The summed E-state index contributed by atoms with van der Waals surface area (Å²) >= 11 is 0. The lowest BCUT2D eigenvalue weighted by molar-refractivity contribution is 0.0129. The van der Waals surface area contributed by atoms with Crippen LogP contribution >= 0.6 is 0 Å². The average Bonchev–Trinajstić information content (AvgIpc) is 3.00. The molecule has 0 fully saturated rings. The number of aliphatic hydroxyl groups excluding tert-OH is 2. The zero-order valence-electron chi connectivity index (χ0n) is 14.3. The lowest BCUT2D eigenvalue weighted by atomic mass is 10.1. The van der Waals surface area contributed by atoms with Gasteiger partial charge in [0, 0.05) is 18.3 Å². The Hall–Kier alpha value is -2.45. The summed E-state index contributed by atoms with van der Waals surface area (Å²) in [5.74, 6) is -0.406. The summed E-state index contributed by atoms with van der Waals surface area (Å²) in [5.41, 5.74) is 0.169. The van der Waals surface area contributed by atoms with Gasteiger partial charge in [-0.1, -0.05) is 6.07 Å². The van der Waals surface area contributed by atoms with E-state index in [1.807, 2.05) is 0 Å². The fourth-order valence-electron chi connectivity index (χ4n) is 2.09. The van der Waals surface area contributed by atoms with Crippen LogP contribution in [0, 0.1) is 5.82 Å². The van der Waals surface area contributed by atoms with Crippen LogP contribution < -0.4 is 5.32 Å². The van der Waals surface area contributed by atoms with Gasteiger partial charge in [0.05, 0.1) is 11.9 Å². The summed E-state index contributed by atoms with van der Waals surface area (Å²) in [6.07, 6.45) is -0.355. The number of amides is 1. The molecule has 8 heteroatoms. The molecule has 0 bridgehead atoms. The van der Waals surface area contributed by atoms with Gasteiger partial charge in [-0.25, -0.2) is 13.9 Å². The lowest BCUT2D eigenvalue weighted by Crippen LogP contribution is -2.38. The Labute approximate surface area is 145 Å². The second kappa shape index (κ2) is 7.62. The molecule has 0 saturated carbocycles. The lowest BCUT2D eigenvalue weighted by Gasteiger charge is -2.21. The molecule has 1 heterocycles. The van der Waals surface area contributed by atoms with E-state index in [0.717, 1.165) is 0 Å². The number of aliphatic hydroxyl groups is 2. The number of rotatable bonds is 5. The SMILES string of the molecule is CC(C)(C)OC(=O)NCC(O)C(O)c1cnn(-c2cccc(F)c2)c1. The first-order valence-electron chi connectivity index (χ1n) is 7.79. The summed E-state index contributed by atoms with van der Waals surface area (Å²) in [7, 11) is 0. The summed E-state index contributed by atoms with van der Waals surface area (Å²) in [4.78, 5) is 11.6. The van der Waals surface area contributed by atoms with E-state index >= 15 is 0 Å². The molecule has 0 aliphatic rings. The Bertz CT molecular complexity index is 727. The zero-order chi connectivity index (χ0) is 18.6. The summed E-state index contributed by atoms with van der Waals surface area (Å²) in [6, 6.07) is 5.81. The van der Waals surface area contributed by atoms with Crippen molar-refractivity contribution in [1.29, 1.82) is 0 Å². The van der Waals surface area contributed by atoms with Gasteiger partial charge in [0.15, 0.2) is 0 Å². The summed E-state index contributed by atoms with van der Waals surface area (Å²) in [6.45, 7) is 4.97. The van der Waals surface area contributed by atoms with E-state index in [2.05, 4.69) is 10.4 Å². The summed E-state index contributed by atoms with van der Waals surface area (Å²) in [5, 5.41) is 26.6. The molecule has 2 atom stereocenters. The van der Waals surface area contributed by atoms with Crippen molar-refractivity contribution >= 4 is 6.09 Å². The van der Waals surface area contributed by atoms with Crippen LogP contribution in [0.4, 0.5) is 9.18 Å². The first-order valence-corrected chi connectivity index (χ1v) is 7.79. The first-order chi connectivity index (χ1) is 11.7. The number of nitrogens with one attached hydrogen (secondary N) is 1. The molecule has 1 aromatic heterocycles. The van der Waals surface area contributed by atoms with Crippen LogP contribution in [-0.4, -0.2) is 44.3 Å². The first kappa shape index (κ1) is 18.9. The third-order valence-corrected chi connectivity index (χ3v) is 3.24. The molecule has 1 amide bonds. The molecule has 3 N–H and O–H groups in total. The number of ether oxygens (including phenoxy) is 1.